The smallest absolute Gasteiger partial charge is 0.188 e. The van der Waals surface area contributed by atoms with Gasteiger partial charge in [0.2, 0.25) is 0 Å². The topological polar surface area (TPSA) is 62.4 Å². The Hall–Kier alpha value is -0.770. The number of nitrogens with one attached hydrogen (secondary N) is 2. The highest BCUT2D eigenvalue weighted by molar-refractivity contribution is 5.77. The van der Waals surface area contributed by atoms with Crippen molar-refractivity contribution in [2.45, 2.75) is 46.6 Å². The minimum absolute atomic E-state index is 0.158. The Morgan fingerprint density at radius 1 is 1.25 bits per heavy atom. The van der Waals surface area contributed by atoms with Crippen LogP contribution in [0.25, 0.3) is 0 Å². The molecule has 0 unspecified atom stereocenters. The van der Waals surface area contributed by atoms with E-state index in [-0.39, 0.29) is 5.54 Å². The molecule has 0 aromatic rings. The Morgan fingerprint density at radius 2 is 1.88 bits per heavy atom. The lowest BCUT2D eigenvalue weighted by atomic mass is 10.1. The molecule has 0 radical (unpaired) electrons. The molecule has 0 aromatic carbocycles. The third-order valence-corrected chi connectivity index (χ3v) is 2.08. The molecule has 0 aliphatic carbocycles. The highest BCUT2D eigenvalue weighted by Gasteiger charge is 2.06. The van der Waals surface area contributed by atoms with Gasteiger partial charge in [0.25, 0.3) is 0 Å². The van der Waals surface area contributed by atoms with Crippen LogP contribution in [0.4, 0.5) is 0 Å². The molecule has 0 fully saturated rings. The predicted octanol–water partition coefficient (Wildman–Crippen LogP) is 1.32. The van der Waals surface area contributed by atoms with Gasteiger partial charge in [0.05, 0.1) is 0 Å². The van der Waals surface area contributed by atoms with E-state index in [1.807, 2.05) is 0 Å². The highest BCUT2D eigenvalue weighted by Crippen LogP contribution is 1.98. The summed E-state index contributed by atoms with van der Waals surface area (Å²) >= 11 is 0. The van der Waals surface area contributed by atoms with E-state index in [1.165, 1.54) is 0 Å². The van der Waals surface area contributed by atoms with Gasteiger partial charge in [-0.1, -0.05) is 13.8 Å². The Bertz CT molecular complexity index is 204. The highest BCUT2D eigenvalue weighted by atomic mass is 15.1. The molecular formula is C12H28N4. The van der Waals surface area contributed by atoms with E-state index >= 15 is 0 Å². The first-order valence-corrected chi connectivity index (χ1v) is 6.10. The van der Waals surface area contributed by atoms with Crippen molar-refractivity contribution >= 4 is 5.96 Å². The van der Waals surface area contributed by atoms with E-state index in [0.29, 0.717) is 11.9 Å². The standard InChI is InChI=1S/C12H28N4/c1-10(2)6-7-14-11(13)15-8-9-16-12(3,4)5/h10,16H,6-9H2,1-5H3,(H3,13,14,15). The zero-order chi connectivity index (χ0) is 12.6. The van der Waals surface area contributed by atoms with Gasteiger partial charge in [0, 0.05) is 25.2 Å². The van der Waals surface area contributed by atoms with Crippen LogP contribution in [0.15, 0.2) is 4.99 Å². The molecular weight excluding hydrogens is 200 g/mol. The molecule has 0 aromatic heterocycles. The van der Waals surface area contributed by atoms with Gasteiger partial charge in [-0.3, -0.25) is 4.99 Å². The van der Waals surface area contributed by atoms with Crippen LogP contribution in [-0.2, 0) is 0 Å². The molecule has 4 N–H and O–H groups in total. The van der Waals surface area contributed by atoms with Crippen LogP contribution in [0, 0.1) is 5.92 Å². The van der Waals surface area contributed by atoms with Gasteiger partial charge in [-0.05, 0) is 33.1 Å². The zero-order valence-electron chi connectivity index (χ0n) is 11.4. The van der Waals surface area contributed by atoms with Crippen molar-refractivity contribution in [1.82, 2.24) is 10.6 Å². The molecule has 0 atom stereocenters. The minimum atomic E-state index is 0.158. The van der Waals surface area contributed by atoms with Crippen LogP contribution in [0.5, 0.6) is 0 Å². The first-order chi connectivity index (χ1) is 7.31. The lowest BCUT2D eigenvalue weighted by Gasteiger charge is -2.20. The van der Waals surface area contributed by atoms with Crippen molar-refractivity contribution in [1.29, 1.82) is 0 Å². The fourth-order valence-electron chi connectivity index (χ4n) is 1.13. The van der Waals surface area contributed by atoms with Gasteiger partial charge in [-0.2, -0.15) is 0 Å². The van der Waals surface area contributed by atoms with Crippen LogP contribution < -0.4 is 16.4 Å². The van der Waals surface area contributed by atoms with Crippen LogP contribution in [0.1, 0.15) is 41.0 Å². The molecule has 0 aliphatic heterocycles. The number of nitrogens with zero attached hydrogens (tertiary/aromatic N) is 1. The lowest BCUT2D eigenvalue weighted by Crippen LogP contribution is -2.43. The lowest BCUT2D eigenvalue weighted by molar-refractivity contribution is 0.428. The van der Waals surface area contributed by atoms with Crippen molar-refractivity contribution in [3.8, 4) is 0 Å². The Morgan fingerprint density at radius 3 is 2.38 bits per heavy atom. The normalized spacial score (nSPS) is 13.2. The van der Waals surface area contributed by atoms with E-state index in [0.717, 1.165) is 26.1 Å². The Kier molecular flexibility index (Phi) is 7.13. The van der Waals surface area contributed by atoms with Crippen molar-refractivity contribution < 1.29 is 0 Å². The number of nitrogens with two attached hydrogens (primary N) is 1. The average Bonchev–Trinajstić information content (AvgIpc) is 2.10. The van der Waals surface area contributed by atoms with Crippen LogP contribution in [0.2, 0.25) is 0 Å². The molecule has 16 heavy (non-hydrogen) atoms. The monoisotopic (exact) mass is 228 g/mol. The summed E-state index contributed by atoms with van der Waals surface area (Å²) in [5.41, 5.74) is 5.88. The predicted molar refractivity (Wildman–Crippen MR) is 71.7 cm³/mol. The molecule has 0 rings (SSSR count). The molecule has 0 heterocycles. The molecule has 4 nitrogen and oxygen atoms in total. The first-order valence-electron chi connectivity index (χ1n) is 6.10. The van der Waals surface area contributed by atoms with E-state index in [1.54, 1.807) is 0 Å². The van der Waals surface area contributed by atoms with Crippen LogP contribution in [-0.4, -0.2) is 31.1 Å². The number of rotatable bonds is 6. The molecule has 96 valence electrons. The number of guanidine groups is 1. The second-order valence-corrected chi connectivity index (χ2v) is 5.55. The molecule has 4 heteroatoms. The van der Waals surface area contributed by atoms with Crippen molar-refractivity contribution in [2.24, 2.45) is 16.6 Å². The summed E-state index contributed by atoms with van der Waals surface area (Å²) in [6.07, 6.45) is 1.09. The maximum absolute atomic E-state index is 5.72. The summed E-state index contributed by atoms with van der Waals surface area (Å²) in [6, 6.07) is 0. The SMILES string of the molecule is CC(C)CCN=C(N)NCCNC(C)(C)C. The van der Waals surface area contributed by atoms with E-state index in [4.69, 9.17) is 5.73 Å². The zero-order valence-corrected chi connectivity index (χ0v) is 11.4. The fourth-order valence-corrected chi connectivity index (χ4v) is 1.13. The van der Waals surface area contributed by atoms with E-state index in [9.17, 15) is 0 Å². The summed E-state index contributed by atoms with van der Waals surface area (Å²) in [5, 5.41) is 6.47. The molecule has 0 aliphatic rings. The Balaban J connectivity index is 3.53. The fraction of sp³-hybridized carbons (Fsp3) is 0.917. The Labute approximate surface area is 100 Å². The first kappa shape index (κ1) is 15.2. The third kappa shape index (κ3) is 11.3. The van der Waals surface area contributed by atoms with Crippen LogP contribution in [0.3, 0.4) is 0 Å². The van der Waals surface area contributed by atoms with E-state index in [2.05, 4.69) is 50.2 Å². The van der Waals surface area contributed by atoms with Gasteiger partial charge in [0.1, 0.15) is 0 Å². The molecule has 0 spiro atoms. The third-order valence-electron chi connectivity index (χ3n) is 2.08. The number of hydrogen-bond donors (Lipinski definition) is 3. The second kappa shape index (κ2) is 7.49. The summed E-state index contributed by atoms with van der Waals surface area (Å²) < 4.78 is 0. The quantitative estimate of drug-likeness (QED) is 0.365. The largest absolute Gasteiger partial charge is 0.370 e. The van der Waals surface area contributed by atoms with Crippen molar-refractivity contribution in [2.75, 3.05) is 19.6 Å². The summed E-state index contributed by atoms with van der Waals surface area (Å²) in [7, 11) is 0. The average molecular weight is 228 g/mol. The maximum Gasteiger partial charge on any atom is 0.188 e. The van der Waals surface area contributed by atoms with Crippen molar-refractivity contribution in [3.05, 3.63) is 0 Å². The van der Waals surface area contributed by atoms with Crippen molar-refractivity contribution in [3.63, 3.8) is 0 Å². The van der Waals surface area contributed by atoms with Gasteiger partial charge in [0.15, 0.2) is 5.96 Å². The van der Waals surface area contributed by atoms with Gasteiger partial charge in [-0.15, -0.1) is 0 Å². The van der Waals surface area contributed by atoms with Gasteiger partial charge in [-0.25, -0.2) is 0 Å². The maximum atomic E-state index is 5.72. The number of hydrogen-bond acceptors (Lipinski definition) is 2. The minimum Gasteiger partial charge on any atom is -0.370 e. The molecule has 0 saturated heterocycles. The summed E-state index contributed by atoms with van der Waals surface area (Å²) in [5.74, 6) is 1.23. The summed E-state index contributed by atoms with van der Waals surface area (Å²) in [6.45, 7) is 13.3. The van der Waals surface area contributed by atoms with Gasteiger partial charge < -0.3 is 16.4 Å². The molecule has 0 bridgehead atoms. The molecule has 0 saturated carbocycles. The van der Waals surface area contributed by atoms with E-state index < -0.39 is 0 Å². The second-order valence-electron chi connectivity index (χ2n) is 5.55. The summed E-state index contributed by atoms with van der Waals surface area (Å²) in [4.78, 5) is 4.25. The van der Waals surface area contributed by atoms with Gasteiger partial charge >= 0.3 is 0 Å². The molecule has 0 amide bonds. The number of aliphatic imine (C=N–C) groups is 1. The van der Waals surface area contributed by atoms with Crippen LogP contribution >= 0.6 is 0 Å².